The highest BCUT2D eigenvalue weighted by Gasteiger charge is 2.56. The van der Waals surface area contributed by atoms with Crippen LogP contribution in [0.3, 0.4) is 0 Å². The van der Waals surface area contributed by atoms with Gasteiger partial charge in [0.2, 0.25) is 15.6 Å². The Hall–Kier alpha value is -2.39. The zero-order chi connectivity index (χ0) is 25.8. The molecular weight excluding hydrogens is 595 g/mol. The van der Waals surface area contributed by atoms with Gasteiger partial charge in [-0.05, 0) is 46.9 Å². The van der Waals surface area contributed by atoms with Gasteiger partial charge in [0.15, 0.2) is 0 Å². The molecule has 36 heavy (non-hydrogen) atoms. The lowest BCUT2D eigenvalue weighted by molar-refractivity contribution is -0.145. The zero-order valence-electron chi connectivity index (χ0n) is 18.5. The van der Waals surface area contributed by atoms with Gasteiger partial charge in [0, 0.05) is 23.0 Å². The number of piperidine rings is 1. The van der Waals surface area contributed by atoms with Crippen molar-refractivity contribution in [2.45, 2.75) is 34.6 Å². The Morgan fingerprint density at radius 3 is 2.47 bits per heavy atom. The van der Waals surface area contributed by atoms with E-state index in [-0.39, 0.29) is 31.2 Å². The molecule has 2 aromatic rings. The molecule has 3 aliphatic rings. The summed E-state index contributed by atoms with van der Waals surface area (Å²) in [6.07, 6.45) is 2.19. The standard InChI is InChI=1S/C25H18BrCl3N2O5/c26-14-6-4-13(5-7-14)24(23(35)36-12-25(27,28)29)10-18(24)15-2-1-3-16-17(15)11-31(22(16)34)19-8-9-20(32)30-21(19)33/h1-7,10,19H,8-9,11-12H2,(H,30,32,33)/t19?,24-/m0/s1. The topological polar surface area (TPSA) is 92.8 Å². The molecule has 1 aliphatic carbocycles. The quantitative estimate of drug-likeness (QED) is 0.306. The fourth-order valence-electron chi connectivity index (χ4n) is 4.81. The van der Waals surface area contributed by atoms with Crippen LogP contribution in [0.4, 0.5) is 0 Å². The Morgan fingerprint density at radius 1 is 1.11 bits per heavy atom. The highest BCUT2D eigenvalue weighted by Crippen LogP contribution is 2.55. The second-order valence-corrected chi connectivity index (χ2v) is 12.2. The lowest BCUT2D eigenvalue weighted by atomic mass is 9.86. The van der Waals surface area contributed by atoms with Crippen molar-refractivity contribution in [1.82, 2.24) is 10.2 Å². The third-order valence-corrected chi connectivity index (χ3v) is 7.42. The Morgan fingerprint density at radius 2 is 1.81 bits per heavy atom. The van der Waals surface area contributed by atoms with Crippen LogP contribution in [0, 0.1) is 0 Å². The molecular formula is C25H18BrCl3N2O5. The van der Waals surface area contributed by atoms with Crippen LogP contribution in [0.25, 0.3) is 5.57 Å². The van der Waals surface area contributed by atoms with Crippen LogP contribution >= 0.6 is 50.7 Å². The first-order valence-electron chi connectivity index (χ1n) is 11.0. The highest BCUT2D eigenvalue weighted by atomic mass is 79.9. The van der Waals surface area contributed by atoms with E-state index in [9.17, 15) is 19.2 Å². The second-order valence-electron chi connectivity index (χ2n) is 8.80. The Bertz CT molecular complexity index is 1340. The number of hydrogen-bond acceptors (Lipinski definition) is 5. The number of alkyl halides is 3. The largest absolute Gasteiger partial charge is 0.460 e. The first kappa shape index (κ1) is 25.3. The van der Waals surface area contributed by atoms with E-state index in [2.05, 4.69) is 21.2 Å². The SMILES string of the molecule is O=C1CCC(N2Cc3c(cccc3C3=C[C@]3(C(=O)OCC(Cl)(Cl)Cl)c3ccc(Br)cc3)C2=O)C(=O)N1. The van der Waals surface area contributed by atoms with Crippen molar-refractivity contribution in [3.63, 3.8) is 0 Å². The number of imide groups is 1. The third-order valence-electron chi connectivity index (χ3n) is 6.56. The lowest BCUT2D eigenvalue weighted by Gasteiger charge is -2.29. The third kappa shape index (κ3) is 4.45. The average molecular weight is 613 g/mol. The van der Waals surface area contributed by atoms with Crippen LogP contribution in [0.15, 0.2) is 53.0 Å². The van der Waals surface area contributed by atoms with Gasteiger partial charge < -0.3 is 9.64 Å². The van der Waals surface area contributed by atoms with Crippen molar-refractivity contribution in [2.75, 3.05) is 6.61 Å². The molecule has 2 aliphatic heterocycles. The Labute approximate surface area is 229 Å². The average Bonchev–Trinajstić information content (AvgIpc) is 3.49. The molecule has 2 heterocycles. The summed E-state index contributed by atoms with van der Waals surface area (Å²) in [6.45, 7) is -0.252. The molecule has 0 spiro atoms. The van der Waals surface area contributed by atoms with E-state index in [1.54, 1.807) is 30.3 Å². The molecule has 11 heteroatoms. The van der Waals surface area contributed by atoms with Crippen LogP contribution in [0.2, 0.25) is 0 Å². The first-order chi connectivity index (χ1) is 17.0. The van der Waals surface area contributed by atoms with E-state index in [0.717, 1.165) is 4.47 Å². The molecule has 1 fully saturated rings. The van der Waals surface area contributed by atoms with Gasteiger partial charge in [-0.15, -0.1) is 0 Å². The number of ether oxygens (including phenoxy) is 1. The van der Waals surface area contributed by atoms with Crippen LogP contribution in [-0.2, 0) is 31.1 Å². The van der Waals surface area contributed by atoms with E-state index in [1.807, 2.05) is 18.2 Å². The predicted molar refractivity (Wildman–Crippen MR) is 138 cm³/mol. The maximum Gasteiger partial charge on any atom is 0.325 e. The van der Waals surface area contributed by atoms with Gasteiger partial charge in [0.25, 0.3) is 5.91 Å². The molecule has 1 N–H and O–H groups in total. The smallest absolute Gasteiger partial charge is 0.325 e. The van der Waals surface area contributed by atoms with Gasteiger partial charge in [-0.1, -0.05) is 81.1 Å². The molecule has 7 nitrogen and oxygen atoms in total. The maximum atomic E-state index is 13.4. The van der Waals surface area contributed by atoms with Crippen LogP contribution < -0.4 is 5.32 Å². The molecule has 0 radical (unpaired) electrons. The number of fused-ring (bicyclic) bond motifs is 1. The summed E-state index contributed by atoms with van der Waals surface area (Å²) in [5.74, 6) is -1.73. The summed E-state index contributed by atoms with van der Waals surface area (Å²) in [5, 5.41) is 2.30. The van der Waals surface area contributed by atoms with Crippen LogP contribution in [0.1, 0.15) is 39.9 Å². The first-order valence-corrected chi connectivity index (χ1v) is 12.9. The molecule has 0 aromatic heterocycles. The fraction of sp³-hybridized carbons (Fsp3) is 0.280. The molecule has 1 saturated heterocycles. The summed E-state index contributed by atoms with van der Waals surface area (Å²) in [4.78, 5) is 52.1. The number of amides is 3. The summed E-state index contributed by atoms with van der Waals surface area (Å²) < 4.78 is 4.46. The van der Waals surface area contributed by atoms with Crippen molar-refractivity contribution in [2.24, 2.45) is 0 Å². The number of nitrogens with zero attached hydrogens (tertiary/aromatic N) is 1. The number of hydrogen-bond donors (Lipinski definition) is 1. The molecule has 1 unspecified atom stereocenters. The summed E-state index contributed by atoms with van der Waals surface area (Å²) in [6, 6.07) is 11.7. The normalized spacial score (nSPS) is 23.2. The fourth-order valence-corrected chi connectivity index (χ4v) is 5.24. The molecule has 0 bridgehead atoms. The van der Waals surface area contributed by atoms with E-state index >= 15 is 0 Å². The van der Waals surface area contributed by atoms with Gasteiger partial charge in [-0.2, -0.15) is 0 Å². The highest BCUT2D eigenvalue weighted by molar-refractivity contribution is 9.10. The van der Waals surface area contributed by atoms with Crippen LogP contribution in [-0.4, -0.2) is 45.0 Å². The number of carbonyl (C=O) groups is 4. The zero-order valence-corrected chi connectivity index (χ0v) is 22.4. The second kappa shape index (κ2) is 9.17. The van der Waals surface area contributed by atoms with E-state index in [4.69, 9.17) is 39.5 Å². The minimum Gasteiger partial charge on any atom is -0.460 e. The molecule has 0 saturated carbocycles. The van der Waals surface area contributed by atoms with Gasteiger partial charge in [0.05, 0.1) is 0 Å². The maximum absolute atomic E-state index is 13.4. The predicted octanol–water partition coefficient (Wildman–Crippen LogP) is 4.46. The number of rotatable bonds is 5. The minimum atomic E-state index is -1.77. The molecule has 5 rings (SSSR count). The molecule has 3 amide bonds. The van der Waals surface area contributed by atoms with Crippen molar-refractivity contribution in [3.8, 4) is 0 Å². The number of halogens is 4. The number of nitrogens with one attached hydrogen (secondary N) is 1. The lowest BCUT2D eigenvalue weighted by Crippen LogP contribution is -2.52. The molecule has 2 aromatic carbocycles. The Balaban J connectivity index is 1.48. The Kier molecular flexibility index (Phi) is 6.44. The molecule has 2 atom stereocenters. The van der Waals surface area contributed by atoms with Crippen molar-refractivity contribution >= 4 is 80.0 Å². The minimum absolute atomic E-state index is 0.163. The number of benzene rings is 2. The van der Waals surface area contributed by atoms with Crippen LogP contribution in [0.5, 0.6) is 0 Å². The summed E-state index contributed by atoms with van der Waals surface area (Å²) in [7, 11) is 0. The summed E-state index contributed by atoms with van der Waals surface area (Å²) in [5.41, 5.74) is 1.96. The van der Waals surface area contributed by atoms with Crippen molar-refractivity contribution in [3.05, 3.63) is 75.3 Å². The van der Waals surface area contributed by atoms with Gasteiger partial charge in [-0.25, -0.2) is 0 Å². The van der Waals surface area contributed by atoms with Crippen molar-refractivity contribution in [1.29, 1.82) is 0 Å². The van der Waals surface area contributed by atoms with E-state index < -0.39 is 33.7 Å². The molecule has 186 valence electrons. The monoisotopic (exact) mass is 610 g/mol. The van der Waals surface area contributed by atoms with Gasteiger partial charge >= 0.3 is 5.97 Å². The van der Waals surface area contributed by atoms with E-state index in [0.29, 0.717) is 27.8 Å². The number of carbonyl (C=O) groups excluding carboxylic acids is 4. The number of esters is 1. The van der Waals surface area contributed by atoms with Gasteiger partial charge in [0.1, 0.15) is 18.1 Å². The van der Waals surface area contributed by atoms with Gasteiger partial charge in [-0.3, -0.25) is 24.5 Å². The summed E-state index contributed by atoms with van der Waals surface area (Å²) >= 11 is 20.8. The van der Waals surface area contributed by atoms with E-state index in [1.165, 1.54) is 4.90 Å². The van der Waals surface area contributed by atoms with Crippen molar-refractivity contribution < 1.29 is 23.9 Å².